The normalized spacial score (nSPS) is 16.3. The van der Waals surface area contributed by atoms with Gasteiger partial charge in [-0.3, -0.25) is 14.4 Å². The smallest absolute Gasteiger partial charge is 0.282 e. The van der Waals surface area contributed by atoms with Crippen molar-refractivity contribution in [2.75, 3.05) is 18.6 Å². The predicted molar refractivity (Wildman–Crippen MR) is 108 cm³/mol. The van der Waals surface area contributed by atoms with Crippen LogP contribution in [-0.2, 0) is 11.8 Å². The molecule has 0 bridgehead atoms. The van der Waals surface area contributed by atoms with E-state index < -0.39 is 17.5 Å². The lowest BCUT2D eigenvalue weighted by atomic mass is 10.2. The Kier molecular flexibility index (Phi) is 4.75. The largest absolute Gasteiger partial charge is 0.497 e. The number of amides is 2. The third-order valence-electron chi connectivity index (χ3n) is 5.04. The van der Waals surface area contributed by atoms with Crippen molar-refractivity contribution < 1.29 is 14.3 Å². The molecule has 1 saturated heterocycles. The summed E-state index contributed by atoms with van der Waals surface area (Å²) in [6.45, 7) is 0.324. The van der Waals surface area contributed by atoms with Crippen molar-refractivity contribution in [2.45, 2.75) is 12.5 Å². The number of rotatable bonds is 4. The number of nitrogens with one attached hydrogen (secondary N) is 1. The van der Waals surface area contributed by atoms with Gasteiger partial charge in [-0.15, -0.1) is 0 Å². The summed E-state index contributed by atoms with van der Waals surface area (Å²) in [5.74, 6) is 0.0223. The Morgan fingerprint density at radius 3 is 2.59 bits per heavy atom. The number of carbonyl (C=O) groups excluding carboxylic acids is 2. The van der Waals surface area contributed by atoms with Crippen LogP contribution in [0.3, 0.4) is 0 Å². The molecule has 0 aliphatic carbocycles. The Balaban J connectivity index is 1.53. The highest BCUT2D eigenvalue weighted by molar-refractivity contribution is 5.98. The molecular formula is C21H20N4O4. The molecule has 1 aromatic heterocycles. The van der Waals surface area contributed by atoms with Gasteiger partial charge in [0.05, 0.1) is 24.2 Å². The van der Waals surface area contributed by atoms with Crippen LogP contribution in [0.2, 0.25) is 0 Å². The number of para-hydroxylation sites is 2. The standard InChI is InChI=1S/C21H20N4O4/c1-24-17-6-4-3-5-16(17)23-19(21(24)28)20(27)22-13-11-18(26)25(12-13)14-7-9-15(29-2)10-8-14/h3-10,13H,11-12H2,1-2H3,(H,22,27). The lowest BCUT2D eigenvalue weighted by molar-refractivity contribution is -0.117. The van der Waals surface area contributed by atoms with Crippen LogP contribution in [0.1, 0.15) is 16.9 Å². The summed E-state index contributed by atoms with van der Waals surface area (Å²) in [5, 5.41) is 2.78. The first-order valence-electron chi connectivity index (χ1n) is 9.19. The van der Waals surface area contributed by atoms with Gasteiger partial charge in [0.15, 0.2) is 5.69 Å². The number of nitrogens with zero attached hydrogens (tertiary/aromatic N) is 3. The minimum absolute atomic E-state index is 0.0974. The first-order valence-corrected chi connectivity index (χ1v) is 9.19. The summed E-state index contributed by atoms with van der Waals surface area (Å²) >= 11 is 0. The molecule has 4 rings (SSSR count). The maximum atomic E-state index is 12.7. The van der Waals surface area contributed by atoms with Crippen LogP contribution in [-0.4, -0.2) is 41.1 Å². The van der Waals surface area contributed by atoms with Gasteiger partial charge >= 0.3 is 0 Å². The van der Waals surface area contributed by atoms with Crippen LogP contribution >= 0.6 is 0 Å². The molecule has 1 aliphatic rings. The molecule has 1 atom stereocenters. The van der Waals surface area contributed by atoms with Gasteiger partial charge in [0, 0.05) is 25.7 Å². The summed E-state index contributed by atoms with van der Waals surface area (Å²) in [5.41, 5.74) is 1.28. The van der Waals surface area contributed by atoms with E-state index >= 15 is 0 Å². The Labute approximate surface area is 166 Å². The average Bonchev–Trinajstić information content (AvgIpc) is 3.10. The van der Waals surface area contributed by atoms with Crippen molar-refractivity contribution in [3.05, 3.63) is 64.6 Å². The van der Waals surface area contributed by atoms with Gasteiger partial charge in [-0.25, -0.2) is 4.98 Å². The van der Waals surface area contributed by atoms with Gasteiger partial charge in [-0.1, -0.05) is 12.1 Å². The van der Waals surface area contributed by atoms with E-state index in [0.29, 0.717) is 23.3 Å². The molecule has 2 aromatic carbocycles. The fourth-order valence-corrected chi connectivity index (χ4v) is 3.50. The van der Waals surface area contributed by atoms with Gasteiger partial charge in [0.2, 0.25) is 5.91 Å². The molecule has 1 aliphatic heterocycles. The number of aromatic nitrogens is 2. The fourth-order valence-electron chi connectivity index (χ4n) is 3.50. The molecule has 3 aromatic rings. The molecule has 0 spiro atoms. The molecule has 1 unspecified atom stereocenters. The van der Waals surface area contributed by atoms with Crippen LogP contribution in [0.15, 0.2) is 53.3 Å². The van der Waals surface area contributed by atoms with E-state index in [9.17, 15) is 14.4 Å². The maximum Gasteiger partial charge on any atom is 0.282 e. The monoisotopic (exact) mass is 392 g/mol. The summed E-state index contributed by atoms with van der Waals surface area (Å²) in [7, 11) is 3.18. The van der Waals surface area contributed by atoms with E-state index in [4.69, 9.17) is 4.74 Å². The first-order chi connectivity index (χ1) is 14.0. The van der Waals surface area contributed by atoms with Crippen LogP contribution in [0.25, 0.3) is 11.0 Å². The van der Waals surface area contributed by atoms with Crippen molar-refractivity contribution in [3.63, 3.8) is 0 Å². The summed E-state index contributed by atoms with van der Waals surface area (Å²) < 4.78 is 6.54. The van der Waals surface area contributed by atoms with E-state index in [1.54, 1.807) is 67.6 Å². The highest BCUT2D eigenvalue weighted by atomic mass is 16.5. The van der Waals surface area contributed by atoms with Crippen LogP contribution in [0.4, 0.5) is 5.69 Å². The zero-order valence-electron chi connectivity index (χ0n) is 16.1. The average molecular weight is 392 g/mol. The van der Waals surface area contributed by atoms with E-state index in [0.717, 1.165) is 5.69 Å². The summed E-state index contributed by atoms with van der Waals surface area (Å²) in [6, 6.07) is 13.8. The molecule has 8 heteroatoms. The number of benzene rings is 2. The first kappa shape index (κ1) is 18.7. The second-order valence-corrected chi connectivity index (χ2v) is 6.89. The Morgan fingerprint density at radius 2 is 1.86 bits per heavy atom. The number of methoxy groups -OCH3 is 1. The SMILES string of the molecule is COc1ccc(N2CC(NC(=O)c3nc4ccccc4n(C)c3=O)CC2=O)cc1. The minimum Gasteiger partial charge on any atom is -0.497 e. The Morgan fingerprint density at radius 1 is 1.14 bits per heavy atom. The zero-order valence-corrected chi connectivity index (χ0v) is 16.1. The number of ether oxygens (including phenoxy) is 1. The molecule has 2 amide bonds. The van der Waals surface area contributed by atoms with Gasteiger partial charge in [0.1, 0.15) is 5.75 Å². The topological polar surface area (TPSA) is 93.5 Å². The van der Waals surface area contributed by atoms with Crippen molar-refractivity contribution in [1.29, 1.82) is 0 Å². The highest BCUT2D eigenvalue weighted by Crippen LogP contribution is 2.24. The number of fused-ring (bicyclic) bond motifs is 1. The third-order valence-corrected chi connectivity index (χ3v) is 5.04. The third kappa shape index (κ3) is 3.44. The number of carbonyl (C=O) groups is 2. The van der Waals surface area contributed by atoms with Gasteiger partial charge in [-0.05, 0) is 36.4 Å². The van der Waals surface area contributed by atoms with Crippen molar-refractivity contribution in [1.82, 2.24) is 14.9 Å². The number of anilines is 1. The molecule has 0 radical (unpaired) electrons. The van der Waals surface area contributed by atoms with Crippen molar-refractivity contribution in [2.24, 2.45) is 7.05 Å². The van der Waals surface area contributed by atoms with Crippen LogP contribution in [0, 0.1) is 0 Å². The summed E-state index contributed by atoms with van der Waals surface area (Å²) in [4.78, 5) is 43.5. The van der Waals surface area contributed by atoms with Gasteiger partial charge < -0.3 is 19.5 Å². The fraction of sp³-hybridized carbons (Fsp3) is 0.238. The van der Waals surface area contributed by atoms with E-state index in [-0.39, 0.29) is 18.0 Å². The van der Waals surface area contributed by atoms with Crippen LogP contribution in [0.5, 0.6) is 5.75 Å². The minimum atomic E-state index is -0.578. The van der Waals surface area contributed by atoms with E-state index in [2.05, 4.69) is 10.3 Å². The zero-order chi connectivity index (χ0) is 20.5. The lowest BCUT2D eigenvalue weighted by Crippen LogP contribution is -2.41. The highest BCUT2D eigenvalue weighted by Gasteiger charge is 2.32. The molecule has 8 nitrogen and oxygen atoms in total. The van der Waals surface area contributed by atoms with E-state index in [1.165, 1.54) is 4.57 Å². The molecular weight excluding hydrogens is 372 g/mol. The van der Waals surface area contributed by atoms with Gasteiger partial charge in [0.25, 0.3) is 11.5 Å². The molecule has 0 saturated carbocycles. The quantitative estimate of drug-likeness (QED) is 0.726. The molecule has 1 fully saturated rings. The predicted octanol–water partition coefficient (Wildman–Crippen LogP) is 1.48. The lowest BCUT2D eigenvalue weighted by Gasteiger charge is -2.17. The molecule has 2 heterocycles. The number of hydrogen-bond donors (Lipinski definition) is 1. The Bertz CT molecular complexity index is 1150. The maximum absolute atomic E-state index is 12.7. The molecule has 29 heavy (non-hydrogen) atoms. The van der Waals surface area contributed by atoms with E-state index in [1.807, 2.05) is 0 Å². The molecule has 1 N–H and O–H groups in total. The second kappa shape index (κ2) is 7.38. The molecule has 148 valence electrons. The number of hydrogen-bond acceptors (Lipinski definition) is 5. The van der Waals surface area contributed by atoms with Crippen LogP contribution < -0.4 is 20.5 Å². The number of aryl methyl sites for hydroxylation is 1. The second-order valence-electron chi connectivity index (χ2n) is 6.89. The van der Waals surface area contributed by atoms with Crippen molar-refractivity contribution in [3.8, 4) is 5.75 Å². The van der Waals surface area contributed by atoms with Gasteiger partial charge in [-0.2, -0.15) is 0 Å². The summed E-state index contributed by atoms with van der Waals surface area (Å²) in [6.07, 6.45) is 0.158. The van der Waals surface area contributed by atoms with Crippen molar-refractivity contribution >= 4 is 28.5 Å². The Hall–Kier alpha value is -3.68.